The SMILES string of the molecule is CCCNc1nnc(-c2ccc3[nH]cc(-c4ccnc(NC(C)C)n4)c3c2)o1. The maximum Gasteiger partial charge on any atom is 0.315 e. The van der Waals surface area contributed by atoms with Gasteiger partial charge in [0.15, 0.2) is 0 Å². The van der Waals surface area contributed by atoms with Crippen LogP contribution in [0.1, 0.15) is 27.2 Å². The highest BCUT2D eigenvalue weighted by molar-refractivity contribution is 5.96. The maximum atomic E-state index is 5.73. The number of hydrogen-bond acceptors (Lipinski definition) is 7. The van der Waals surface area contributed by atoms with Gasteiger partial charge in [0.2, 0.25) is 11.8 Å². The van der Waals surface area contributed by atoms with Crippen molar-refractivity contribution in [2.75, 3.05) is 17.2 Å². The number of anilines is 2. The fraction of sp³-hybridized carbons (Fsp3) is 0.300. The number of H-pyrrole nitrogens is 1. The number of fused-ring (bicyclic) bond motifs is 1. The summed E-state index contributed by atoms with van der Waals surface area (Å²) in [5, 5.41) is 15.6. The second-order valence-electron chi connectivity index (χ2n) is 6.87. The number of nitrogens with one attached hydrogen (secondary N) is 3. The molecule has 0 radical (unpaired) electrons. The molecule has 3 heterocycles. The van der Waals surface area contributed by atoms with Crippen LogP contribution in [0.25, 0.3) is 33.6 Å². The maximum absolute atomic E-state index is 5.73. The highest BCUT2D eigenvalue weighted by Gasteiger charge is 2.13. The molecule has 4 aromatic rings. The lowest BCUT2D eigenvalue weighted by Gasteiger charge is -2.08. The standard InChI is InChI=1S/C20H23N7O/c1-4-8-22-20-27-26-18(28-20)13-5-6-16-14(10-13)15(11-23-16)17-7-9-21-19(25-17)24-12(2)3/h5-7,9-12,23H,4,8H2,1-3H3,(H,22,27)(H,21,24,25). The van der Waals surface area contributed by atoms with Gasteiger partial charge >= 0.3 is 6.01 Å². The minimum absolute atomic E-state index is 0.262. The van der Waals surface area contributed by atoms with Gasteiger partial charge in [0.25, 0.3) is 0 Å². The third-order valence-corrected chi connectivity index (χ3v) is 4.23. The molecule has 0 aliphatic rings. The van der Waals surface area contributed by atoms with Crippen LogP contribution in [0.15, 0.2) is 41.1 Å². The van der Waals surface area contributed by atoms with Gasteiger partial charge in [0.1, 0.15) is 0 Å². The number of aromatic nitrogens is 5. The molecular formula is C20H23N7O. The molecule has 144 valence electrons. The van der Waals surface area contributed by atoms with Crippen molar-refractivity contribution in [1.29, 1.82) is 0 Å². The van der Waals surface area contributed by atoms with Gasteiger partial charge in [0.05, 0.1) is 5.69 Å². The Balaban J connectivity index is 1.70. The molecule has 0 fully saturated rings. The van der Waals surface area contributed by atoms with Gasteiger partial charge in [-0.3, -0.25) is 0 Å². The van der Waals surface area contributed by atoms with Crippen LogP contribution in [0.2, 0.25) is 0 Å². The van der Waals surface area contributed by atoms with Crippen LogP contribution < -0.4 is 10.6 Å². The van der Waals surface area contributed by atoms with Gasteiger partial charge in [-0.05, 0) is 44.5 Å². The summed E-state index contributed by atoms with van der Waals surface area (Å²) in [6, 6.07) is 8.61. The number of hydrogen-bond donors (Lipinski definition) is 3. The summed E-state index contributed by atoms with van der Waals surface area (Å²) in [6.45, 7) is 6.99. The van der Waals surface area contributed by atoms with Crippen molar-refractivity contribution in [1.82, 2.24) is 25.1 Å². The van der Waals surface area contributed by atoms with Gasteiger partial charge in [0, 0.05) is 47.0 Å². The smallest absolute Gasteiger partial charge is 0.315 e. The van der Waals surface area contributed by atoms with E-state index in [4.69, 9.17) is 4.42 Å². The Morgan fingerprint density at radius 1 is 1.18 bits per heavy atom. The van der Waals surface area contributed by atoms with E-state index in [1.54, 1.807) is 6.20 Å². The van der Waals surface area contributed by atoms with E-state index < -0.39 is 0 Å². The zero-order chi connectivity index (χ0) is 19.5. The van der Waals surface area contributed by atoms with E-state index >= 15 is 0 Å². The Bertz CT molecular complexity index is 1080. The molecule has 3 N–H and O–H groups in total. The Hall–Kier alpha value is -3.42. The summed E-state index contributed by atoms with van der Waals surface area (Å²) in [7, 11) is 0. The van der Waals surface area contributed by atoms with Crippen LogP contribution in [-0.2, 0) is 0 Å². The lowest BCUT2D eigenvalue weighted by Crippen LogP contribution is -2.12. The fourth-order valence-corrected chi connectivity index (χ4v) is 2.95. The molecule has 3 aromatic heterocycles. The van der Waals surface area contributed by atoms with E-state index in [2.05, 4.69) is 56.6 Å². The first kappa shape index (κ1) is 18.0. The van der Waals surface area contributed by atoms with Crippen molar-refractivity contribution in [2.45, 2.75) is 33.2 Å². The van der Waals surface area contributed by atoms with E-state index in [-0.39, 0.29) is 6.04 Å². The van der Waals surface area contributed by atoms with Gasteiger partial charge in [-0.2, -0.15) is 0 Å². The first-order chi connectivity index (χ1) is 13.6. The number of aromatic amines is 1. The zero-order valence-corrected chi connectivity index (χ0v) is 16.2. The van der Waals surface area contributed by atoms with E-state index in [0.717, 1.165) is 40.7 Å². The molecular weight excluding hydrogens is 354 g/mol. The van der Waals surface area contributed by atoms with Gasteiger partial charge in [-0.25, -0.2) is 9.97 Å². The molecule has 28 heavy (non-hydrogen) atoms. The molecule has 0 atom stereocenters. The predicted octanol–water partition coefficient (Wildman–Crippen LogP) is 4.32. The molecule has 0 bridgehead atoms. The Morgan fingerprint density at radius 2 is 2.07 bits per heavy atom. The molecule has 1 aromatic carbocycles. The lowest BCUT2D eigenvalue weighted by molar-refractivity contribution is 0.580. The van der Waals surface area contributed by atoms with E-state index in [1.807, 2.05) is 30.5 Å². The molecule has 8 nitrogen and oxygen atoms in total. The molecule has 0 aliphatic heterocycles. The summed E-state index contributed by atoms with van der Waals surface area (Å²) in [5.74, 6) is 1.10. The fourth-order valence-electron chi connectivity index (χ4n) is 2.95. The summed E-state index contributed by atoms with van der Waals surface area (Å²) in [5.41, 5.74) is 3.71. The van der Waals surface area contributed by atoms with Crippen molar-refractivity contribution in [2.24, 2.45) is 0 Å². The van der Waals surface area contributed by atoms with Crippen molar-refractivity contribution in [3.63, 3.8) is 0 Å². The second-order valence-corrected chi connectivity index (χ2v) is 6.87. The number of rotatable bonds is 7. The summed E-state index contributed by atoms with van der Waals surface area (Å²) >= 11 is 0. The van der Waals surface area contributed by atoms with E-state index in [1.165, 1.54) is 0 Å². The van der Waals surface area contributed by atoms with Crippen LogP contribution in [0.3, 0.4) is 0 Å². The Labute approximate surface area is 162 Å². The van der Waals surface area contributed by atoms with Crippen LogP contribution in [0, 0.1) is 0 Å². The number of nitrogens with zero attached hydrogens (tertiary/aromatic N) is 4. The molecule has 0 aliphatic carbocycles. The third-order valence-electron chi connectivity index (χ3n) is 4.23. The third kappa shape index (κ3) is 3.66. The van der Waals surface area contributed by atoms with Crippen LogP contribution in [-0.4, -0.2) is 37.7 Å². The Kier molecular flexibility index (Phi) is 4.92. The molecule has 0 spiro atoms. The minimum Gasteiger partial charge on any atom is -0.403 e. The topological polar surface area (TPSA) is 105 Å². The zero-order valence-electron chi connectivity index (χ0n) is 16.2. The first-order valence-electron chi connectivity index (χ1n) is 9.43. The van der Waals surface area contributed by atoms with E-state index in [0.29, 0.717) is 17.9 Å². The molecule has 0 saturated heterocycles. The molecule has 8 heteroatoms. The largest absolute Gasteiger partial charge is 0.403 e. The molecule has 0 unspecified atom stereocenters. The van der Waals surface area contributed by atoms with Gasteiger partial charge in [-0.1, -0.05) is 12.0 Å². The monoisotopic (exact) mass is 377 g/mol. The van der Waals surface area contributed by atoms with Crippen molar-refractivity contribution >= 4 is 22.9 Å². The van der Waals surface area contributed by atoms with Crippen molar-refractivity contribution in [3.05, 3.63) is 36.7 Å². The summed E-state index contributed by atoms with van der Waals surface area (Å²) < 4.78 is 5.73. The van der Waals surface area contributed by atoms with Crippen molar-refractivity contribution < 1.29 is 4.42 Å². The lowest BCUT2D eigenvalue weighted by atomic mass is 10.1. The highest BCUT2D eigenvalue weighted by Crippen LogP contribution is 2.31. The normalized spacial score (nSPS) is 11.3. The quantitative estimate of drug-likeness (QED) is 0.440. The number of benzene rings is 1. The van der Waals surface area contributed by atoms with Crippen LogP contribution in [0.5, 0.6) is 0 Å². The second kappa shape index (κ2) is 7.67. The van der Waals surface area contributed by atoms with Crippen molar-refractivity contribution in [3.8, 4) is 22.7 Å². The Morgan fingerprint density at radius 3 is 2.89 bits per heavy atom. The average Bonchev–Trinajstić information content (AvgIpc) is 3.32. The average molecular weight is 377 g/mol. The van der Waals surface area contributed by atoms with Crippen LogP contribution in [0.4, 0.5) is 12.0 Å². The summed E-state index contributed by atoms with van der Waals surface area (Å²) in [6.07, 6.45) is 4.71. The molecule has 0 amide bonds. The molecule has 0 saturated carbocycles. The predicted molar refractivity (Wildman–Crippen MR) is 110 cm³/mol. The van der Waals surface area contributed by atoms with Crippen LogP contribution >= 0.6 is 0 Å². The van der Waals surface area contributed by atoms with Gasteiger partial charge in [-0.15, -0.1) is 5.10 Å². The molecule has 4 rings (SSSR count). The highest BCUT2D eigenvalue weighted by atomic mass is 16.4. The first-order valence-corrected chi connectivity index (χ1v) is 9.43. The minimum atomic E-state index is 0.262. The van der Waals surface area contributed by atoms with Gasteiger partial charge < -0.3 is 20.0 Å². The van der Waals surface area contributed by atoms with E-state index in [9.17, 15) is 0 Å². The summed E-state index contributed by atoms with van der Waals surface area (Å²) in [4.78, 5) is 12.2.